The molecule has 0 aromatic heterocycles. The third-order valence-corrected chi connectivity index (χ3v) is 6.35. The Bertz CT molecular complexity index is 267. The number of rotatable bonds is 12. The van der Waals surface area contributed by atoms with Crippen molar-refractivity contribution in [3.63, 3.8) is 0 Å². The molecule has 0 N–H and O–H groups in total. The predicted octanol–water partition coefficient (Wildman–Crippen LogP) is 1.57. The normalized spacial score (nSPS) is 18.3. The second-order valence-corrected chi connectivity index (χ2v) is 7.32. The van der Waals surface area contributed by atoms with Gasteiger partial charge in [0.05, 0.1) is 0 Å². The van der Waals surface area contributed by atoms with Gasteiger partial charge in [0.2, 0.25) is 0 Å². The van der Waals surface area contributed by atoms with Crippen LogP contribution in [0.1, 0.15) is 27.7 Å². The summed E-state index contributed by atoms with van der Waals surface area (Å²) in [5.41, 5.74) is -1.33. The van der Waals surface area contributed by atoms with Gasteiger partial charge in [-0.1, -0.05) is 0 Å². The van der Waals surface area contributed by atoms with Crippen LogP contribution in [-0.4, -0.2) is 68.3 Å². The highest BCUT2D eigenvalue weighted by Gasteiger charge is 2.67. The largest absolute Gasteiger partial charge is 0.566 e. The van der Waals surface area contributed by atoms with Gasteiger partial charge in [0.1, 0.15) is 6.10 Å². The van der Waals surface area contributed by atoms with Gasteiger partial charge in [0, 0.05) is 41.7 Å². The molecule has 0 aliphatic heterocycles. The zero-order valence-electron chi connectivity index (χ0n) is 14.4. The molecule has 0 spiro atoms. The topological polar surface area (TPSA) is 64.6 Å². The molecule has 21 heavy (non-hydrogen) atoms. The van der Waals surface area contributed by atoms with Crippen LogP contribution in [-0.2, 0) is 32.2 Å². The third-order valence-electron chi connectivity index (χ3n) is 3.22. The molecule has 0 saturated heterocycles. The van der Waals surface area contributed by atoms with Crippen LogP contribution in [0.15, 0.2) is 0 Å². The first kappa shape index (κ1) is 20.9. The number of ether oxygens (including phenoxy) is 4. The Kier molecular flexibility index (Phi) is 9.82. The molecular weight excluding hydrogens is 296 g/mol. The fourth-order valence-corrected chi connectivity index (χ4v) is 4.77. The molecule has 0 aliphatic carbocycles. The highest BCUT2D eigenvalue weighted by molar-refractivity contribution is 6.63. The lowest BCUT2D eigenvalue weighted by Gasteiger charge is -2.46. The predicted molar refractivity (Wildman–Crippen MR) is 79.8 cm³/mol. The summed E-state index contributed by atoms with van der Waals surface area (Å²) in [4.78, 5) is 0. The molecule has 3 unspecified atom stereocenters. The van der Waals surface area contributed by atoms with Crippen molar-refractivity contribution >= 4 is 8.80 Å². The van der Waals surface area contributed by atoms with E-state index in [1.165, 1.54) is 21.3 Å². The Morgan fingerprint density at radius 3 is 1.76 bits per heavy atom. The Morgan fingerprint density at radius 1 is 0.905 bits per heavy atom. The molecule has 0 heterocycles. The van der Waals surface area contributed by atoms with E-state index >= 15 is 0 Å². The molecule has 0 radical (unpaired) electrons. The Morgan fingerprint density at radius 2 is 1.43 bits per heavy atom. The summed E-state index contributed by atoms with van der Waals surface area (Å²) >= 11 is 0. The summed E-state index contributed by atoms with van der Waals surface area (Å²) < 4.78 is 39.6. The minimum atomic E-state index is -3.35. The van der Waals surface area contributed by atoms with Crippen molar-refractivity contribution in [2.45, 2.75) is 45.5 Å². The second-order valence-electron chi connectivity index (χ2n) is 4.29. The average Bonchev–Trinajstić information content (AvgIpc) is 2.49. The Balaban J connectivity index is 5.84. The molecule has 128 valence electrons. The summed E-state index contributed by atoms with van der Waals surface area (Å²) in [5.74, 6) is 0. The lowest BCUT2D eigenvalue weighted by atomic mass is 10.3. The molecule has 8 heteroatoms. The SMILES string of the molecule is CCOC(C)C(OCC)(OC(C)OC)[Si](OC)(OC)OC. The van der Waals surface area contributed by atoms with Gasteiger partial charge < -0.3 is 32.2 Å². The summed E-state index contributed by atoms with van der Waals surface area (Å²) in [7, 11) is 2.72. The van der Waals surface area contributed by atoms with E-state index in [0.717, 1.165) is 0 Å². The van der Waals surface area contributed by atoms with Gasteiger partial charge in [-0.05, 0) is 27.7 Å². The van der Waals surface area contributed by atoms with Crippen LogP contribution < -0.4 is 0 Å². The van der Waals surface area contributed by atoms with Crippen molar-refractivity contribution in [3.8, 4) is 0 Å². The molecule has 0 fully saturated rings. The summed E-state index contributed by atoms with van der Waals surface area (Å²) in [6.07, 6.45) is -1.03. The lowest BCUT2D eigenvalue weighted by Crippen LogP contribution is -2.72. The fourth-order valence-electron chi connectivity index (χ4n) is 2.20. The van der Waals surface area contributed by atoms with Crippen molar-refractivity contribution in [2.75, 3.05) is 41.7 Å². The van der Waals surface area contributed by atoms with Crippen molar-refractivity contribution < 1.29 is 32.2 Å². The maximum atomic E-state index is 6.00. The van der Waals surface area contributed by atoms with Gasteiger partial charge in [-0.2, -0.15) is 0 Å². The summed E-state index contributed by atoms with van der Waals surface area (Å²) in [6, 6.07) is 0. The third kappa shape index (κ3) is 4.46. The van der Waals surface area contributed by atoms with E-state index in [0.29, 0.717) is 13.2 Å². The summed E-state index contributed by atoms with van der Waals surface area (Å²) in [6.45, 7) is 8.20. The maximum absolute atomic E-state index is 6.00. The minimum Gasteiger partial charge on any atom is -0.374 e. The molecule has 7 nitrogen and oxygen atoms in total. The first-order valence-corrected chi connectivity index (χ1v) is 8.77. The van der Waals surface area contributed by atoms with E-state index in [4.69, 9.17) is 32.2 Å². The van der Waals surface area contributed by atoms with E-state index in [-0.39, 0.29) is 0 Å². The molecule has 3 atom stereocenters. The van der Waals surface area contributed by atoms with Crippen LogP contribution in [0.4, 0.5) is 0 Å². The summed E-state index contributed by atoms with van der Waals surface area (Å²) in [5, 5.41) is 0. The first-order chi connectivity index (χ1) is 9.93. The molecular formula is C13H30O7Si. The molecule has 0 aromatic carbocycles. The van der Waals surface area contributed by atoms with Crippen LogP contribution >= 0.6 is 0 Å². The minimum absolute atomic E-state index is 0.374. The lowest BCUT2D eigenvalue weighted by molar-refractivity contribution is -0.316. The number of methoxy groups -OCH3 is 1. The van der Waals surface area contributed by atoms with Crippen molar-refractivity contribution in [1.29, 1.82) is 0 Å². The number of hydrogen-bond donors (Lipinski definition) is 0. The zero-order chi connectivity index (χ0) is 16.5. The van der Waals surface area contributed by atoms with E-state index in [1.54, 1.807) is 14.0 Å². The smallest absolute Gasteiger partial charge is 0.374 e. The van der Waals surface area contributed by atoms with Gasteiger partial charge in [0.15, 0.2) is 6.29 Å². The van der Waals surface area contributed by atoms with Crippen LogP contribution in [0.5, 0.6) is 0 Å². The highest BCUT2D eigenvalue weighted by Crippen LogP contribution is 2.35. The van der Waals surface area contributed by atoms with E-state index in [2.05, 4.69) is 0 Å². The van der Waals surface area contributed by atoms with E-state index in [1.807, 2.05) is 20.8 Å². The average molecular weight is 326 g/mol. The van der Waals surface area contributed by atoms with Crippen molar-refractivity contribution in [1.82, 2.24) is 0 Å². The second kappa shape index (κ2) is 9.85. The molecule has 0 bridgehead atoms. The standard InChI is InChI=1S/C13H30O7Si/c1-9-18-11(3)13(19-10-2,20-12(4)14-5)21(15-6,16-7)17-8/h11-12H,9-10H2,1-8H3. The van der Waals surface area contributed by atoms with Crippen molar-refractivity contribution in [3.05, 3.63) is 0 Å². The monoisotopic (exact) mass is 326 g/mol. The van der Waals surface area contributed by atoms with Gasteiger partial charge in [-0.15, -0.1) is 0 Å². The molecule has 0 aliphatic rings. The van der Waals surface area contributed by atoms with Crippen LogP contribution in [0.2, 0.25) is 0 Å². The molecule has 0 rings (SSSR count). The van der Waals surface area contributed by atoms with Crippen LogP contribution in [0.25, 0.3) is 0 Å². The molecule has 0 aromatic rings. The Labute approximate surface area is 129 Å². The van der Waals surface area contributed by atoms with Crippen LogP contribution in [0, 0.1) is 0 Å². The van der Waals surface area contributed by atoms with Gasteiger partial charge >= 0.3 is 8.80 Å². The van der Waals surface area contributed by atoms with Crippen LogP contribution in [0.3, 0.4) is 0 Å². The first-order valence-electron chi connectivity index (χ1n) is 7.05. The quantitative estimate of drug-likeness (QED) is 0.398. The van der Waals surface area contributed by atoms with Gasteiger partial charge in [-0.25, -0.2) is 0 Å². The van der Waals surface area contributed by atoms with E-state index < -0.39 is 26.6 Å². The fraction of sp³-hybridized carbons (Fsp3) is 1.00. The zero-order valence-corrected chi connectivity index (χ0v) is 15.4. The van der Waals surface area contributed by atoms with Gasteiger partial charge in [0.25, 0.3) is 5.41 Å². The molecule has 0 amide bonds. The van der Waals surface area contributed by atoms with Crippen molar-refractivity contribution in [2.24, 2.45) is 0 Å². The van der Waals surface area contributed by atoms with E-state index in [9.17, 15) is 0 Å². The maximum Gasteiger partial charge on any atom is 0.566 e. The van der Waals surface area contributed by atoms with Gasteiger partial charge in [-0.3, -0.25) is 0 Å². The Hall–Kier alpha value is -0.0631. The molecule has 0 saturated carbocycles. The number of hydrogen-bond acceptors (Lipinski definition) is 7. The highest BCUT2D eigenvalue weighted by atomic mass is 28.4.